The van der Waals surface area contributed by atoms with Gasteiger partial charge < -0.3 is 9.64 Å². The fourth-order valence-electron chi connectivity index (χ4n) is 4.69. The molecule has 4 heterocycles. The third-order valence-corrected chi connectivity index (χ3v) is 6.57. The molecule has 1 atom stereocenters. The van der Waals surface area contributed by atoms with Gasteiger partial charge in [0.1, 0.15) is 6.61 Å². The molecule has 6 rings (SSSR count). The van der Waals surface area contributed by atoms with E-state index in [-0.39, 0.29) is 8.41 Å². The van der Waals surface area contributed by atoms with Gasteiger partial charge in [-0.3, -0.25) is 4.68 Å². The monoisotopic (exact) mass is 418 g/mol. The van der Waals surface area contributed by atoms with E-state index < -0.39 is 0 Å². The lowest BCUT2D eigenvalue weighted by molar-refractivity contribution is 0.0403. The number of piperidine rings is 3. The molecule has 153 valence electrons. The SMILES string of the molecule is Clc1ccc(-c2cn(CC3CN4CCC3CC4)nc2OCc2ccccc2)cc1.[B]. The van der Waals surface area contributed by atoms with Crippen molar-refractivity contribution in [2.24, 2.45) is 11.8 Å². The van der Waals surface area contributed by atoms with Gasteiger partial charge in [0, 0.05) is 32.7 Å². The van der Waals surface area contributed by atoms with E-state index in [1.165, 1.54) is 32.5 Å². The summed E-state index contributed by atoms with van der Waals surface area (Å²) in [5.41, 5.74) is 3.25. The number of nitrogens with zero attached hydrogens (tertiary/aromatic N) is 3. The van der Waals surface area contributed by atoms with Gasteiger partial charge in [0.15, 0.2) is 0 Å². The second-order valence-corrected chi connectivity index (χ2v) is 8.69. The first kappa shape index (κ1) is 21.0. The lowest BCUT2D eigenvalue weighted by Crippen LogP contribution is -2.48. The lowest BCUT2D eigenvalue weighted by Gasteiger charge is -2.44. The summed E-state index contributed by atoms with van der Waals surface area (Å²) in [6, 6.07) is 18.1. The van der Waals surface area contributed by atoms with Gasteiger partial charge in [-0.05, 0) is 61.0 Å². The minimum atomic E-state index is 0. The second-order valence-electron chi connectivity index (χ2n) is 8.25. The molecule has 3 fully saturated rings. The average Bonchev–Trinajstić information content (AvgIpc) is 3.17. The second kappa shape index (κ2) is 9.28. The van der Waals surface area contributed by atoms with Crippen molar-refractivity contribution in [2.45, 2.75) is 26.0 Å². The third kappa shape index (κ3) is 4.58. The Kier molecular flexibility index (Phi) is 6.50. The minimum Gasteiger partial charge on any atom is -0.471 e. The normalized spacial score (nSPS) is 22.5. The molecule has 3 aromatic rings. The van der Waals surface area contributed by atoms with Crippen LogP contribution in [0.4, 0.5) is 0 Å². The summed E-state index contributed by atoms with van der Waals surface area (Å²) < 4.78 is 8.26. The van der Waals surface area contributed by atoms with Gasteiger partial charge in [-0.2, -0.15) is 0 Å². The standard InChI is InChI=1S/C24H26ClN3O.B/c25-22-8-6-20(7-9-22)23-16-28(15-21-14-27-12-10-19(21)11-13-27)26-24(23)29-17-18-4-2-1-3-5-18;/h1-9,16,19,21H,10-15,17H2;. The van der Waals surface area contributed by atoms with E-state index in [4.69, 9.17) is 21.4 Å². The summed E-state index contributed by atoms with van der Waals surface area (Å²) >= 11 is 6.09. The molecule has 2 aromatic carbocycles. The van der Waals surface area contributed by atoms with Crippen molar-refractivity contribution in [1.29, 1.82) is 0 Å². The molecule has 6 heteroatoms. The molecule has 3 aliphatic rings. The molecular formula is C24H26BClN3O. The minimum absolute atomic E-state index is 0. The van der Waals surface area contributed by atoms with Crippen LogP contribution in [0.15, 0.2) is 60.8 Å². The number of benzene rings is 2. The highest BCUT2D eigenvalue weighted by atomic mass is 35.5. The van der Waals surface area contributed by atoms with E-state index in [0.717, 1.165) is 34.2 Å². The lowest BCUT2D eigenvalue weighted by atomic mass is 9.79. The molecule has 3 saturated heterocycles. The van der Waals surface area contributed by atoms with Crippen molar-refractivity contribution in [3.8, 4) is 17.0 Å². The van der Waals surface area contributed by atoms with Crippen LogP contribution in [0.3, 0.4) is 0 Å². The number of fused-ring (bicyclic) bond motifs is 3. The van der Waals surface area contributed by atoms with Gasteiger partial charge in [-0.25, -0.2) is 0 Å². The van der Waals surface area contributed by atoms with Crippen LogP contribution in [0.5, 0.6) is 5.88 Å². The number of ether oxygens (including phenoxy) is 1. The highest BCUT2D eigenvalue weighted by molar-refractivity contribution is 6.30. The van der Waals surface area contributed by atoms with E-state index in [0.29, 0.717) is 18.4 Å². The molecule has 1 unspecified atom stereocenters. The molecule has 3 aliphatic heterocycles. The summed E-state index contributed by atoms with van der Waals surface area (Å²) in [7, 11) is 0. The van der Waals surface area contributed by atoms with Crippen LogP contribution in [-0.4, -0.2) is 42.7 Å². The highest BCUT2D eigenvalue weighted by Crippen LogP contribution is 2.35. The molecule has 0 N–H and O–H groups in total. The Labute approximate surface area is 185 Å². The van der Waals surface area contributed by atoms with E-state index in [9.17, 15) is 0 Å². The van der Waals surface area contributed by atoms with E-state index in [1.807, 2.05) is 42.5 Å². The molecule has 30 heavy (non-hydrogen) atoms. The Morgan fingerprint density at radius 1 is 1.00 bits per heavy atom. The smallest absolute Gasteiger partial charge is 0.241 e. The quantitative estimate of drug-likeness (QED) is 0.541. The van der Waals surface area contributed by atoms with Crippen molar-refractivity contribution >= 4 is 20.0 Å². The van der Waals surface area contributed by atoms with Crippen molar-refractivity contribution in [3.63, 3.8) is 0 Å². The first-order valence-electron chi connectivity index (χ1n) is 10.5. The largest absolute Gasteiger partial charge is 0.471 e. The number of hydrogen-bond donors (Lipinski definition) is 0. The number of aromatic nitrogens is 2. The van der Waals surface area contributed by atoms with Crippen LogP contribution < -0.4 is 4.74 Å². The molecule has 0 amide bonds. The van der Waals surface area contributed by atoms with Crippen LogP contribution >= 0.6 is 11.6 Å². The first-order valence-corrected chi connectivity index (χ1v) is 10.8. The Balaban J connectivity index is 0.00000218. The van der Waals surface area contributed by atoms with Crippen LogP contribution in [0.2, 0.25) is 5.02 Å². The number of rotatable bonds is 6. The number of hydrogen-bond acceptors (Lipinski definition) is 3. The Morgan fingerprint density at radius 2 is 1.73 bits per heavy atom. The Bertz CT molecular complexity index is 952. The zero-order valence-corrected chi connectivity index (χ0v) is 17.8. The molecule has 0 aliphatic carbocycles. The summed E-state index contributed by atoms with van der Waals surface area (Å²) in [4.78, 5) is 2.60. The predicted molar refractivity (Wildman–Crippen MR) is 122 cm³/mol. The Hall–Kier alpha value is -2.24. The summed E-state index contributed by atoms with van der Waals surface area (Å²) in [6.45, 7) is 5.19. The van der Waals surface area contributed by atoms with Crippen LogP contribution in [0, 0.1) is 11.8 Å². The fraction of sp³-hybridized carbons (Fsp3) is 0.375. The van der Waals surface area contributed by atoms with Crippen LogP contribution in [0.25, 0.3) is 11.1 Å². The van der Waals surface area contributed by atoms with Gasteiger partial charge in [-0.15, -0.1) is 5.10 Å². The molecule has 2 bridgehead atoms. The van der Waals surface area contributed by atoms with Gasteiger partial charge in [0.25, 0.3) is 0 Å². The zero-order valence-electron chi connectivity index (χ0n) is 17.1. The molecule has 0 spiro atoms. The topological polar surface area (TPSA) is 30.3 Å². The fourth-order valence-corrected chi connectivity index (χ4v) is 4.82. The van der Waals surface area contributed by atoms with Gasteiger partial charge in [-0.1, -0.05) is 54.1 Å². The van der Waals surface area contributed by atoms with Crippen LogP contribution in [0.1, 0.15) is 18.4 Å². The highest BCUT2D eigenvalue weighted by Gasteiger charge is 2.34. The number of halogens is 1. The molecule has 3 radical (unpaired) electrons. The molecule has 4 nitrogen and oxygen atoms in total. The summed E-state index contributed by atoms with van der Waals surface area (Å²) in [5, 5.41) is 5.58. The van der Waals surface area contributed by atoms with Crippen LogP contribution in [-0.2, 0) is 13.2 Å². The van der Waals surface area contributed by atoms with E-state index >= 15 is 0 Å². The maximum absolute atomic E-state index is 6.16. The maximum Gasteiger partial charge on any atom is 0.241 e. The molecule has 1 aromatic heterocycles. The van der Waals surface area contributed by atoms with Gasteiger partial charge in [0.2, 0.25) is 5.88 Å². The van der Waals surface area contributed by atoms with Crippen molar-refractivity contribution in [1.82, 2.24) is 14.7 Å². The molecular weight excluding hydrogens is 393 g/mol. The van der Waals surface area contributed by atoms with E-state index in [1.54, 1.807) is 0 Å². The summed E-state index contributed by atoms with van der Waals surface area (Å²) in [6.07, 6.45) is 4.79. The zero-order chi connectivity index (χ0) is 19.6. The summed E-state index contributed by atoms with van der Waals surface area (Å²) in [5.74, 6) is 2.20. The third-order valence-electron chi connectivity index (χ3n) is 6.31. The van der Waals surface area contributed by atoms with Crippen molar-refractivity contribution in [2.75, 3.05) is 19.6 Å². The maximum atomic E-state index is 6.16. The predicted octanol–water partition coefficient (Wildman–Crippen LogP) is 4.74. The van der Waals surface area contributed by atoms with E-state index in [2.05, 4.69) is 27.9 Å². The van der Waals surface area contributed by atoms with Gasteiger partial charge in [0.05, 0.1) is 5.56 Å². The first-order chi connectivity index (χ1) is 14.2. The average molecular weight is 419 g/mol. The van der Waals surface area contributed by atoms with Crippen molar-refractivity contribution in [3.05, 3.63) is 71.4 Å². The molecule has 0 saturated carbocycles. The Morgan fingerprint density at radius 3 is 2.40 bits per heavy atom. The van der Waals surface area contributed by atoms with Crippen molar-refractivity contribution < 1.29 is 4.74 Å². The van der Waals surface area contributed by atoms with Gasteiger partial charge >= 0.3 is 0 Å².